The Balaban J connectivity index is 0.00000208. The molecule has 0 spiro atoms. The molecule has 2 unspecified atom stereocenters. The Morgan fingerprint density at radius 3 is 2.46 bits per heavy atom. The molecule has 24 heavy (non-hydrogen) atoms. The Morgan fingerprint density at radius 2 is 1.83 bits per heavy atom. The SMILES string of the molecule is COc1ccccc1OCCC(=O)N(C)C1CC2CCC(C1)N2.Cl. The normalized spacial score (nSPS) is 24.8. The number of fused-ring (bicyclic) bond motifs is 2. The molecule has 2 heterocycles. The van der Waals surface area contributed by atoms with Crippen LogP contribution in [0.15, 0.2) is 24.3 Å². The summed E-state index contributed by atoms with van der Waals surface area (Å²) in [6.07, 6.45) is 5.05. The fraction of sp³-hybridized carbons (Fsp3) is 0.611. The summed E-state index contributed by atoms with van der Waals surface area (Å²) in [4.78, 5) is 14.3. The van der Waals surface area contributed by atoms with Crippen molar-refractivity contribution < 1.29 is 14.3 Å². The number of para-hydroxylation sites is 2. The van der Waals surface area contributed by atoms with Crippen molar-refractivity contribution in [3.63, 3.8) is 0 Å². The van der Waals surface area contributed by atoms with E-state index < -0.39 is 0 Å². The van der Waals surface area contributed by atoms with Crippen LogP contribution < -0.4 is 14.8 Å². The van der Waals surface area contributed by atoms with Crippen molar-refractivity contribution in [2.75, 3.05) is 20.8 Å². The fourth-order valence-corrected chi connectivity index (χ4v) is 3.71. The Labute approximate surface area is 150 Å². The second-order valence-electron chi connectivity index (χ2n) is 6.52. The van der Waals surface area contributed by atoms with Crippen molar-refractivity contribution in [2.24, 2.45) is 0 Å². The van der Waals surface area contributed by atoms with E-state index in [-0.39, 0.29) is 18.3 Å². The van der Waals surface area contributed by atoms with E-state index in [0.29, 0.717) is 42.7 Å². The third-order valence-corrected chi connectivity index (χ3v) is 5.03. The topological polar surface area (TPSA) is 50.8 Å². The van der Waals surface area contributed by atoms with Crippen LogP contribution in [0.1, 0.15) is 32.1 Å². The summed E-state index contributed by atoms with van der Waals surface area (Å²) in [6.45, 7) is 0.376. The molecule has 6 heteroatoms. The van der Waals surface area contributed by atoms with Crippen LogP contribution in [-0.4, -0.2) is 49.7 Å². The molecule has 0 aromatic heterocycles. The van der Waals surface area contributed by atoms with Crippen molar-refractivity contribution in [3.05, 3.63) is 24.3 Å². The van der Waals surface area contributed by atoms with Crippen LogP contribution in [0, 0.1) is 0 Å². The monoisotopic (exact) mass is 354 g/mol. The first kappa shape index (κ1) is 18.9. The predicted octanol–water partition coefficient (Wildman–Crippen LogP) is 2.63. The molecule has 2 saturated heterocycles. The van der Waals surface area contributed by atoms with Crippen LogP contribution in [0.4, 0.5) is 0 Å². The Morgan fingerprint density at radius 1 is 1.21 bits per heavy atom. The zero-order valence-electron chi connectivity index (χ0n) is 14.4. The lowest BCUT2D eigenvalue weighted by Gasteiger charge is -2.35. The van der Waals surface area contributed by atoms with Gasteiger partial charge in [0.1, 0.15) is 0 Å². The van der Waals surface area contributed by atoms with Crippen molar-refractivity contribution >= 4 is 18.3 Å². The number of halogens is 1. The summed E-state index contributed by atoms with van der Waals surface area (Å²) >= 11 is 0. The lowest BCUT2D eigenvalue weighted by molar-refractivity contribution is -0.133. The number of ether oxygens (including phenoxy) is 2. The molecule has 1 amide bonds. The van der Waals surface area contributed by atoms with E-state index in [1.165, 1.54) is 12.8 Å². The number of benzene rings is 1. The van der Waals surface area contributed by atoms with Crippen LogP contribution >= 0.6 is 12.4 Å². The van der Waals surface area contributed by atoms with Crippen molar-refractivity contribution in [1.29, 1.82) is 0 Å². The van der Waals surface area contributed by atoms with Gasteiger partial charge in [-0.05, 0) is 37.8 Å². The minimum atomic E-state index is 0. The molecule has 134 valence electrons. The van der Waals surface area contributed by atoms with Gasteiger partial charge in [0.25, 0.3) is 0 Å². The standard InChI is InChI=1S/C18H26N2O3.ClH/c1-20(15-11-13-7-8-14(12-15)19-13)18(21)9-10-23-17-6-4-3-5-16(17)22-2;/h3-6,13-15,19H,7-12H2,1-2H3;1H. The number of amides is 1. The summed E-state index contributed by atoms with van der Waals surface area (Å²) in [5.74, 6) is 1.54. The van der Waals surface area contributed by atoms with E-state index >= 15 is 0 Å². The number of rotatable bonds is 6. The zero-order chi connectivity index (χ0) is 16.2. The zero-order valence-corrected chi connectivity index (χ0v) is 15.2. The van der Waals surface area contributed by atoms with Gasteiger partial charge >= 0.3 is 0 Å². The van der Waals surface area contributed by atoms with E-state index in [1.807, 2.05) is 36.2 Å². The third kappa shape index (κ3) is 4.33. The molecule has 2 atom stereocenters. The van der Waals surface area contributed by atoms with Gasteiger partial charge in [0.2, 0.25) is 5.91 Å². The predicted molar refractivity (Wildman–Crippen MR) is 96.1 cm³/mol. The first-order chi connectivity index (χ1) is 11.2. The summed E-state index contributed by atoms with van der Waals surface area (Å²) in [5.41, 5.74) is 0. The van der Waals surface area contributed by atoms with Gasteiger partial charge < -0.3 is 19.7 Å². The molecule has 0 radical (unpaired) electrons. The summed E-state index contributed by atoms with van der Waals surface area (Å²) < 4.78 is 11.0. The van der Waals surface area contributed by atoms with E-state index in [1.54, 1.807) is 7.11 Å². The molecule has 2 aliphatic heterocycles. The number of methoxy groups -OCH3 is 1. The van der Waals surface area contributed by atoms with Gasteiger partial charge in [-0.2, -0.15) is 0 Å². The fourth-order valence-electron chi connectivity index (χ4n) is 3.71. The second-order valence-corrected chi connectivity index (χ2v) is 6.52. The van der Waals surface area contributed by atoms with Gasteiger partial charge in [0.15, 0.2) is 11.5 Å². The minimum absolute atomic E-state index is 0. The Bertz CT molecular complexity index is 543. The molecule has 2 fully saturated rings. The number of carbonyl (C=O) groups is 1. The highest BCUT2D eigenvalue weighted by atomic mass is 35.5. The van der Waals surface area contributed by atoms with Crippen molar-refractivity contribution in [3.8, 4) is 11.5 Å². The van der Waals surface area contributed by atoms with Gasteiger partial charge in [-0.15, -0.1) is 12.4 Å². The van der Waals surface area contributed by atoms with Gasteiger partial charge in [-0.1, -0.05) is 12.1 Å². The molecule has 0 aliphatic carbocycles. The number of nitrogens with one attached hydrogen (secondary N) is 1. The summed E-state index contributed by atoms with van der Waals surface area (Å²) in [6, 6.07) is 9.07. The summed E-state index contributed by atoms with van der Waals surface area (Å²) in [7, 11) is 3.55. The highest BCUT2D eigenvalue weighted by Gasteiger charge is 2.36. The number of carbonyl (C=O) groups excluding carboxylic acids is 1. The maximum Gasteiger partial charge on any atom is 0.225 e. The van der Waals surface area contributed by atoms with Crippen LogP contribution in [0.2, 0.25) is 0 Å². The number of nitrogens with zero attached hydrogens (tertiary/aromatic N) is 1. The highest BCUT2D eigenvalue weighted by molar-refractivity contribution is 5.85. The number of hydrogen-bond acceptors (Lipinski definition) is 4. The van der Waals surface area contributed by atoms with Gasteiger partial charge in [-0.3, -0.25) is 4.79 Å². The minimum Gasteiger partial charge on any atom is -0.493 e. The third-order valence-electron chi connectivity index (χ3n) is 5.03. The second kappa shape index (κ2) is 8.58. The molecule has 5 nitrogen and oxygen atoms in total. The maximum absolute atomic E-state index is 12.4. The van der Waals surface area contributed by atoms with E-state index in [2.05, 4.69) is 5.32 Å². The van der Waals surface area contributed by atoms with Crippen LogP contribution in [0.25, 0.3) is 0 Å². The van der Waals surface area contributed by atoms with E-state index in [0.717, 1.165) is 12.8 Å². The van der Waals surface area contributed by atoms with Gasteiger partial charge in [0, 0.05) is 25.2 Å². The van der Waals surface area contributed by atoms with E-state index in [4.69, 9.17) is 9.47 Å². The molecule has 2 aliphatic rings. The highest BCUT2D eigenvalue weighted by Crippen LogP contribution is 2.29. The van der Waals surface area contributed by atoms with Crippen LogP contribution in [-0.2, 0) is 4.79 Å². The maximum atomic E-state index is 12.4. The molecule has 2 bridgehead atoms. The number of hydrogen-bond donors (Lipinski definition) is 1. The molecule has 1 aromatic rings. The first-order valence-corrected chi connectivity index (χ1v) is 8.45. The Hall–Kier alpha value is -1.46. The molecule has 1 aromatic carbocycles. The largest absolute Gasteiger partial charge is 0.493 e. The first-order valence-electron chi connectivity index (χ1n) is 8.45. The molecular formula is C18H27ClN2O3. The van der Waals surface area contributed by atoms with Crippen molar-refractivity contribution in [1.82, 2.24) is 10.2 Å². The van der Waals surface area contributed by atoms with Crippen LogP contribution in [0.3, 0.4) is 0 Å². The molecule has 1 N–H and O–H groups in total. The van der Waals surface area contributed by atoms with Gasteiger partial charge in [0.05, 0.1) is 20.1 Å². The molecular weight excluding hydrogens is 328 g/mol. The average molecular weight is 355 g/mol. The lowest BCUT2D eigenvalue weighted by atomic mass is 9.98. The molecule has 3 rings (SSSR count). The van der Waals surface area contributed by atoms with Crippen LogP contribution in [0.5, 0.6) is 11.5 Å². The quantitative estimate of drug-likeness (QED) is 0.853. The molecule has 0 saturated carbocycles. The Kier molecular flexibility index (Phi) is 6.75. The van der Waals surface area contributed by atoms with Gasteiger partial charge in [-0.25, -0.2) is 0 Å². The van der Waals surface area contributed by atoms with Crippen molar-refractivity contribution in [2.45, 2.75) is 50.2 Å². The lowest BCUT2D eigenvalue weighted by Crippen LogP contribution is -2.48. The van der Waals surface area contributed by atoms with E-state index in [9.17, 15) is 4.79 Å². The average Bonchev–Trinajstić information content (AvgIpc) is 2.92. The summed E-state index contributed by atoms with van der Waals surface area (Å²) in [5, 5.41) is 3.61. The smallest absolute Gasteiger partial charge is 0.225 e. The number of piperidine rings is 1.